The van der Waals surface area contributed by atoms with Crippen LogP contribution >= 0.6 is 0 Å². The maximum atomic E-state index is 5.54. The predicted molar refractivity (Wildman–Crippen MR) is 59.6 cm³/mol. The fourth-order valence-electron chi connectivity index (χ4n) is 2.28. The summed E-state index contributed by atoms with van der Waals surface area (Å²) in [5.41, 5.74) is 1.01. The van der Waals surface area contributed by atoms with Gasteiger partial charge in [-0.05, 0) is 32.6 Å². The molecule has 0 radical (unpaired) electrons. The van der Waals surface area contributed by atoms with Crippen LogP contribution in [0.2, 0.25) is 0 Å². The van der Waals surface area contributed by atoms with Crippen molar-refractivity contribution in [2.75, 3.05) is 0 Å². The molecule has 0 amide bonds. The van der Waals surface area contributed by atoms with Crippen LogP contribution in [0, 0.1) is 19.8 Å². The van der Waals surface area contributed by atoms with Crippen LogP contribution in [-0.4, -0.2) is 11.0 Å². The quantitative estimate of drug-likeness (QED) is 0.829. The molecule has 0 saturated heterocycles. The Balaban J connectivity index is 1.87. The van der Waals surface area contributed by atoms with Crippen molar-refractivity contribution in [1.29, 1.82) is 0 Å². The summed E-state index contributed by atoms with van der Waals surface area (Å²) in [6.07, 6.45) is 3.99. The Kier molecular flexibility index (Phi) is 3.10. The molecule has 1 aliphatic carbocycles. The third kappa shape index (κ3) is 2.40. The molecule has 0 aromatic carbocycles. The lowest BCUT2D eigenvalue weighted by Gasteiger charge is -2.15. The van der Waals surface area contributed by atoms with E-state index in [1.165, 1.54) is 19.3 Å². The third-order valence-corrected chi connectivity index (χ3v) is 3.45. The maximum Gasteiger partial charge on any atom is 0.208 e. The first-order chi connectivity index (χ1) is 7.16. The Hall–Kier alpha value is -0.830. The average Bonchev–Trinajstić information content (AvgIpc) is 2.72. The van der Waals surface area contributed by atoms with Crippen LogP contribution in [0.3, 0.4) is 0 Å². The second-order valence-electron chi connectivity index (χ2n) is 4.64. The minimum atomic E-state index is 0.650. The lowest BCUT2D eigenvalue weighted by Crippen LogP contribution is -2.30. The summed E-state index contributed by atoms with van der Waals surface area (Å²) in [6.45, 7) is 7.03. The fraction of sp³-hybridized carbons (Fsp3) is 0.750. The molecule has 1 aliphatic rings. The van der Waals surface area contributed by atoms with Crippen LogP contribution in [0.15, 0.2) is 4.42 Å². The summed E-state index contributed by atoms with van der Waals surface area (Å²) in [5.74, 6) is 2.55. The van der Waals surface area contributed by atoms with Crippen LogP contribution in [0.25, 0.3) is 0 Å². The molecule has 2 rings (SSSR count). The predicted octanol–water partition coefficient (Wildman–Crippen LogP) is 2.57. The van der Waals surface area contributed by atoms with Gasteiger partial charge in [0.1, 0.15) is 5.76 Å². The number of aryl methyl sites for hydroxylation is 2. The van der Waals surface area contributed by atoms with E-state index in [-0.39, 0.29) is 0 Å². The van der Waals surface area contributed by atoms with Gasteiger partial charge < -0.3 is 9.73 Å². The standard InChI is InChI=1S/C12H20N2O/c1-8-5-4-6-11(8)13-7-12-14-9(2)10(3)15-12/h8,11,13H,4-7H2,1-3H3. The Morgan fingerprint density at radius 1 is 1.40 bits per heavy atom. The molecule has 2 unspecified atom stereocenters. The van der Waals surface area contributed by atoms with Crippen molar-refractivity contribution in [3.05, 3.63) is 17.3 Å². The molecule has 1 heterocycles. The number of rotatable bonds is 3. The molecular weight excluding hydrogens is 188 g/mol. The van der Waals surface area contributed by atoms with Crippen LogP contribution in [-0.2, 0) is 6.54 Å². The Morgan fingerprint density at radius 2 is 2.20 bits per heavy atom. The minimum absolute atomic E-state index is 0.650. The lowest BCUT2D eigenvalue weighted by atomic mass is 10.1. The molecule has 15 heavy (non-hydrogen) atoms. The number of oxazole rings is 1. The molecule has 3 heteroatoms. The van der Waals surface area contributed by atoms with Crippen molar-refractivity contribution in [2.24, 2.45) is 5.92 Å². The smallest absolute Gasteiger partial charge is 0.208 e. The average molecular weight is 208 g/mol. The van der Waals surface area contributed by atoms with Gasteiger partial charge in [0.05, 0.1) is 12.2 Å². The molecule has 1 N–H and O–H groups in total. The molecular formula is C12H20N2O. The van der Waals surface area contributed by atoms with Crippen molar-refractivity contribution in [3.8, 4) is 0 Å². The first kappa shape index (κ1) is 10.7. The number of nitrogens with zero attached hydrogens (tertiary/aromatic N) is 1. The van der Waals surface area contributed by atoms with E-state index in [1.54, 1.807) is 0 Å². The zero-order valence-corrected chi connectivity index (χ0v) is 9.84. The molecule has 1 aromatic heterocycles. The Bertz CT molecular complexity index is 313. The third-order valence-electron chi connectivity index (χ3n) is 3.45. The van der Waals surface area contributed by atoms with Gasteiger partial charge >= 0.3 is 0 Å². The molecule has 1 saturated carbocycles. The zero-order chi connectivity index (χ0) is 10.8. The molecule has 0 spiro atoms. The van der Waals surface area contributed by atoms with Crippen molar-refractivity contribution in [2.45, 2.75) is 52.6 Å². The lowest BCUT2D eigenvalue weighted by molar-refractivity contribution is 0.383. The second kappa shape index (κ2) is 4.35. The highest BCUT2D eigenvalue weighted by Crippen LogP contribution is 2.25. The van der Waals surface area contributed by atoms with E-state index in [1.807, 2.05) is 13.8 Å². The van der Waals surface area contributed by atoms with Gasteiger partial charge in [-0.15, -0.1) is 0 Å². The van der Waals surface area contributed by atoms with Crippen LogP contribution in [0.1, 0.15) is 43.5 Å². The normalized spacial score (nSPS) is 26.1. The molecule has 1 aromatic rings. The van der Waals surface area contributed by atoms with Crippen molar-refractivity contribution >= 4 is 0 Å². The van der Waals surface area contributed by atoms with E-state index in [0.29, 0.717) is 6.04 Å². The fourth-order valence-corrected chi connectivity index (χ4v) is 2.28. The van der Waals surface area contributed by atoms with Crippen molar-refractivity contribution < 1.29 is 4.42 Å². The second-order valence-corrected chi connectivity index (χ2v) is 4.64. The number of hydrogen-bond donors (Lipinski definition) is 1. The van der Waals surface area contributed by atoms with E-state index in [4.69, 9.17) is 4.42 Å². The monoisotopic (exact) mass is 208 g/mol. The summed E-state index contributed by atoms with van der Waals surface area (Å²) in [7, 11) is 0. The molecule has 84 valence electrons. The molecule has 0 bridgehead atoms. The summed E-state index contributed by atoms with van der Waals surface area (Å²) < 4.78 is 5.54. The van der Waals surface area contributed by atoms with Gasteiger partial charge in [-0.3, -0.25) is 0 Å². The summed E-state index contributed by atoms with van der Waals surface area (Å²) >= 11 is 0. The Labute approximate surface area is 91.3 Å². The summed E-state index contributed by atoms with van der Waals surface area (Å²) in [6, 6.07) is 0.650. The van der Waals surface area contributed by atoms with E-state index in [9.17, 15) is 0 Å². The van der Waals surface area contributed by atoms with Gasteiger partial charge in [-0.1, -0.05) is 13.3 Å². The van der Waals surface area contributed by atoms with Crippen LogP contribution in [0.4, 0.5) is 0 Å². The van der Waals surface area contributed by atoms with Gasteiger partial charge in [0.2, 0.25) is 5.89 Å². The van der Waals surface area contributed by atoms with Crippen molar-refractivity contribution in [1.82, 2.24) is 10.3 Å². The largest absolute Gasteiger partial charge is 0.444 e. The van der Waals surface area contributed by atoms with E-state index >= 15 is 0 Å². The molecule has 0 aliphatic heterocycles. The minimum Gasteiger partial charge on any atom is -0.444 e. The van der Waals surface area contributed by atoms with Crippen molar-refractivity contribution in [3.63, 3.8) is 0 Å². The highest BCUT2D eigenvalue weighted by molar-refractivity contribution is 5.05. The van der Waals surface area contributed by atoms with Crippen LogP contribution < -0.4 is 5.32 Å². The van der Waals surface area contributed by atoms with E-state index < -0.39 is 0 Å². The van der Waals surface area contributed by atoms with Gasteiger partial charge in [0, 0.05) is 6.04 Å². The van der Waals surface area contributed by atoms with Gasteiger partial charge in [0.25, 0.3) is 0 Å². The topological polar surface area (TPSA) is 38.1 Å². The Morgan fingerprint density at radius 3 is 2.73 bits per heavy atom. The summed E-state index contributed by atoms with van der Waals surface area (Å²) in [5, 5.41) is 3.53. The van der Waals surface area contributed by atoms with Gasteiger partial charge in [-0.2, -0.15) is 0 Å². The SMILES string of the molecule is Cc1nc(CNC2CCCC2C)oc1C. The van der Waals surface area contributed by atoms with E-state index in [2.05, 4.69) is 17.2 Å². The zero-order valence-electron chi connectivity index (χ0n) is 9.84. The number of aromatic nitrogens is 1. The van der Waals surface area contributed by atoms with Crippen LogP contribution in [0.5, 0.6) is 0 Å². The number of hydrogen-bond acceptors (Lipinski definition) is 3. The first-order valence-electron chi connectivity index (χ1n) is 5.83. The highest BCUT2D eigenvalue weighted by atomic mass is 16.4. The van der Waals surface area contributed by atoms with Gasteiger partial charge in [0.15, 0.2) is 0 Å². The first-order valence-corrected chi connectivity index (χ1v) is 5.83. The van der Waals surface area contributed by atoms with Gasteiger partial charge in [-0.25, -0.2) is 4.98 Å². The summed E-state index contributed by atoms with van der Waals surface area (Å²) in [4.78, 5) is 4.37. The highest BCUT2D eigenvalue weighted by Gasteiger charge is 2.23. The maximum absolute atomic E-state index is 5.54. The molecule has 3 nitrogen and oxygen atoms in total. The number of nitrogens with one attached hydrogen (secondary N) is 1. The molecule has 2 atom stereocenters. The molecule has 1 fully saturated rings. The van der Waals surface area contributed by atoms with E-state index in [0.717, 1.165) is 29.8 Å².